The summed E-state index contributed by atoms with van der Waals surface area (Å²) in [7, 11) is 0. The number of benzene rings is 2. The zero-order valence-electron chi connectivity index (χ0n) is 17.7. The first-order valence-corrected chi connectivity index (χ1v) is 10.8. The zero-order valence-corrected chi connectivity index (χ0v) is 18.4. The fraction of sp³-hybridized carbons (Fsp3) is 0.280. The number of hydrogen-bond acceptors (Lipinski definition) is 4. The standard InChI is InChI=1S/C25H22ClF2NO3/c1-3-32-25(31)22-13(2)29-20-10-15(14-4-6-16(26)7-5-14)11-21(30)24(20)23(22)18-12-17(27)8-9-19(18)28/h4-9,12,15,23,29H,3,10-11H2,1-2H3/t15-,23+/m1/s1. The predicted octanol–water partition coefficient (Wildman–Crippen LogP) is 5.54. The number of ether oxygens (including phenoxy) is 1. The third kappa shape index (κ3) is 4.07. The van der Waals surface area contributed by atoms with E-state index in [1.807, 2.05) is 12.1 Å². The van der Waals surface area contributed by atoms with Crippen molar-refractivity contribution in [1.29, 1.82) is 0 Å². The molecule has 2 aliphatic rings. The van der Waals surface area contributed by atoms with E-state index in [2.05, 4.69) is 5.32 Å². The molecule has 0 spiro atoms. The molecule has 7 heteroatoms. The van der Waals surface area contributed by atoms with Gasteiger partial charge in [0.1, 0.15) is 11.6 Å². The van der Waals surface area contributed by atoms with Crippen molar-refractivity contribution in [3.63, 3.8) is 0 Å². The Morgan fingerprint density at radius 3 is 2.56 bits per heavy atom. The molecular weight excluding hydrogens is 436 g/mol. The Labute approximate surface area is 189 Å². The molecule has 0 fully saturated rings. The molecule has 1 heterocycles. The van der Waals surface area contributed by atoms with E-state index >= 15 is 0 Å². The van der Waals surface area contributed by atoms with Crippen LogP contribution >= 0.6 is 11.6 Å². The van der Waals surface area contributed by atoms with Gasteiger partial charge in [-0.2, -0.15) is 0 Å². The Bertz CT molecular complexity index is 1150. The van der Waals surface area contributed by atoms with Gasteiger partial charge in [-0.05, 0) is 62.1 Å². The highest BCUT2D eigenvalue weighted by atomic mass is 35.5. The van der Waals surface area contributed by atoms with Crippen molar-refractivity contribution in [3.05, 3.63) is 92.8 Å². The van der Waals surface area contributed by atoms with Crippen molar-refractivity contribution in [1.82, 2.24) is 5.32 Å². The van der Waals surface area contributed by atoms with Gasteiger partial charge in [-0.15, -0.1) is 0 Å². The first-order chi connectivity index (χ1) is 15.3. The second kappa shape index (κ2) is 8.87. The summed E-state index contributed by atoms with van der Waals surface area (Å²) in [5.74, 6) is -3.36. The Hall–Kier alpha value is -2.99. The van der Waals surface area contributed by atoms with Gasteiger partial charge < -0.3 is 10.1 Å². The number of esters is 1. The van der Waals surface area contributed by atoms with Gasteiger partial charge in [-0.1, -0.05) is 23.7 Å². The number of dihydropyridines is 1. The highest BCUT2D eigenvalue weighted by Gasteiger charge is 2.42. The fourth-order valence-corrected chi connectivity index (χ4v) is 4.66. The summed E-state index contributed by atoms with van der Waals surface area (Å²) in [6.45, 7) is 3.46. The molecule has 1 aliphatic heterocycles. The molecule has 32 heavy (non-hydrogen) atoms. The van der Waals surface area contributed by atoms with Gasteiger partial charge in [0.2, 0.25) is 0 Å². The van der Waals surface area contributed by atoms with Crippen molar-refractivity contribution >= 4 is 23.4 Å². The van der Waals surface area contributed by atoms with Gasteiger partial charge in [0, 0.05) is 34.0 Å². The summed E-state index contributed by atoms with van der Waals surface area (Å²) in [5.41, 5.74) is 2.38. The summed E-state index contributed by atoms with van der Waals surface area (Å²) < 4.78 is 34.1. The topological polar surface area (TPSA) is 55.4 Å². The number of hydrogen-bond donors (Lipinski definition) is 1. The van der Waals surface area contributed by atoms with Crippen molar-refractivity contribution in [3.8, 4) is 0 Å². The van der Waals surface area contributed by atoms with Gasteiger partial charge in [0.15, 0.2) is 5.78 Å². The number of carbonyl (C=O) groups is 2. The van der Waals surface area contributed by atoms with Gasteiger partial charge in [0.25, 0.3) is 0 Å². The van der Waals surface area contributed by atoms with Crippen molar-refractivity contribution in [2.45, 2.75) is 38.5 Å². The lowest BCUT2D eigenvalue weighted by molar-refractivity contribution is -0.138. The van der Waals surface area contributed by atoms with Crippen molar-refractivity contribution in [2.24, 2.45) is 0 Å². The van der Waals surface area contributed by atoms with Crippen LogP contribution in [0.3, 0.4) is 0 Å². The Morgan fingerprint density at radius 2 is 1.88 bits per heavy atom. The average molecular weight is 458 g/mol. The van der Waals surface area contributed by atoms with E-state index in [0.29, 0.717) is 22.8 Å². The lowest BCUT2D eigenvalue weighted by Crippen LogP contribution is -2.36. The number of allylic oxidation sites excluding steroid dienone is 3. The lowest BCUT2D eigenvalue weighted by Gasteiger charge is -2.36. The molecule has 0 amide bonds. The van der Waals surface area contributed by atoms with Crippen LogP contribution in [-0.2, 0) is 14.3 Å². The number of nitrogens with one attached hydrogen (secondary N) is 1. The van der Waals surface area contributed by atoms with Crippen molar-refractivity contribution < 1.29 is 23.1 Å². The maximum atomic E-state index is 14.9. The van der Waals surface area contributed by atoms with E-state index in [-0.39, 0.29) is 41.4 Å². The molecule has 0 radical (unpaired) electrons. The number of halogens is 3. The molecule has 166 valence electrons. The van der Waals surface area contributed by atoms with Crippen LogP contribution in [0.2, 0.25) is 5.02 Å². The summed E-state index contributed by atoms with van der Waals surface area (Å²) in [5, 5.41) is 3.78. The lowest BCUT2D eigenvalue weighted by atomic mass is 9.71. The number of carbonyl (C=O) groups excluding carboxylic acids is 2. The summed E-state index contributed by atoms with van der Waals surface area (Å²) in [6, 6.07) is 10.4. The smallest absolute Gasteiger partial charge is 0.336 e. The van der Waals surface area contributed by atoms with Crippen LogP contribution in [0.5, 0.6) is 0 Å². The largest absolute Gasteiger partial charge is 0.463 e. The third-order valence-corrected chi connectivity index (χ3v) is 6.19. The molecule has 2 aromatic rings. The van der Waals surface area contributed by atoms with Gasteiger partial charge >= 0.3 is 5.97 Å². The number of ketones is 1. The van der Waals surface area contributed by atoms with E-state index in [9.17, 15) is 18.4 Å². The van der Waals surface area contributed by atoms with E-state index < -0.39 is 23.5 Å². The second-order valence-corrected chi connectivity index (χ2v) is 8.39. The Morgan fingerprint density at radius 1 is 1.16 bits per heavy atom. The van der Waals surface area contributed by atoms with Crippen LogP contribution in [0.25, 0.3) is 0 Å². The number of Topliss-reactive ketones (excluding diaryl/α,β-unsaturated/α-hetero) is 1. The average Bonchev–Trinajstić information content (AvgIpc) is 2.75. The fourth-order valence-electron chi connectivity index (χ4n) is 4.54. The quantitative estimate of drug-likeness (QED) is 0.612. The molecule has 0 bridgehead atoms. The first kappa shape index (κ1) is 22.2. The highest BCUT2D eigenvalue weighted by Crippen LogP contribution is 2.46. The minimum absolute atomic E-state index is 0.0558. The van der Waals surface area contributed by atoms with Gasteiger partial charge in [-0.25, -0.2) is 13.6 Å². The van der Waals surface area contributed by atoms with Crippen molar-refractivity contribution in [2.75, 3.05) is 6.61 Å². The molecule has 0 unspecified atom stereocenters. The van der Waals surface area contributed by atoms with Crippen LogP contribution in [0, 0.1) is 11.6 Å². The number of rotatable bonds is 4. The second-order valence-electron chi connectivity index (χ2n) is 7.96. The third-order valence-electron chi connectivity index (χ3n) is 5.93. The maximum Gasteiger partial charge on any atom is 0.336 e. The zero-order chi connectivity index (χ0) is 23.0. The normalized spacial score (nSPS) is 20.7. The predicted molar refractivity (Wildman–Crippen MR) is 117 cm³/mol. The van der Waals surface area contributed by atoms with Crippen LogP contribution in [0.1, 0.15) is 49.7 Å². The molecular formula is C25H22ClF2NO3. The van der Waals surface area contributed by atoms with E-state index in [1.165, 1.54) is 0 Å². The molecule has 4 nitrogen and oxygen atoms in total. The van der Waals surface area contributed by atoms with E-state index in [0.717, 1.165) is 23.8 Å². The molecule has 0 saturated carbocycles. The minimum atomic E-state index is -1.04. The molecule has 4 rings (SSSR count). The molecule has 0 aromatic heterocycles. The summed E-state index contributed by atoms with van der Waals surface area (Å²) in [6.07, 6.45) is 0.675. The first-order valence-electron chi connectivity index (χ1n) is 10.4. The van der Waals surface area contributed by atoms with Crippen LogP contribution in [0.4, 0.5) is 8.78 Å². The Balaban J connectivity index is 1.83. The SMILES string of the molecule is CCOC(=O)C1=C(C)NC2=C(C(=O)C[C@H](c3ccc(Cl)cc3)C2)[C@H]1c1cc(F)ccc1F. The van der Waals surface area contributed by atoms with Gasteiger partial charge in [0.05, 0.1) is 18.1 Å². The molecule has 1 N–H and O–H groups in total. The Kier molecular flexibility index (Phi) is 6.15. The van der Waals surface area contributed by atoms with Crippen LogP contribution in [-0.4, -0.2) is 18.4 Å². The molecule has 2 atom stereocenters. The maximum absolute atomic E-state index is 14.9. The van der Waals surface area contributed by atoms with E-state index in [1.54, 1.807) is 26.0 Å². The minimum Gasteiger partial charge on any atom is -0.463 e. The van der Waals surface area contributed by atoms with Crippen LogP contribution in [0.15, 0.2) is 65.0 Å². The van der Waals surface area contributed by atoms with Crippen LogP contribution < -0.4 is 5.32 Å². The van der Waals surface area contributed by atoms with Gasteiger partial charge in [-0.3, -0.25) is 4.79 Å². The molecule has 0 saturated heterocycles. The van der Waals surface area contributed by atoms with E-state index in [4.69, 9.17) is 16.3 Å². The molecule has 2 aromatic carbocycles. The summed E-state index contributed by atoms with van der Waals surface area (Å²) >= 11 is 5.99. The monoisotopic (exact) mass is 457 g/mol. The highest BCUT2D eigenvalue weighted by molar-refractivity contribution is 6.30. The summed E-state index contributed by atoms with van der Waals surface area (Å²) in [4.78, 5) is 26.2. The molecule has 1 aliphatic carbocycles.